The van der Waals surface area contributed by atoms with Crippen molar-refractivity contribution >= 4 is 11.7 Å². The van der Waals surface area contributed by atoms with E-state index in [1.807, 2.05) is 0 Å². The molecule has 0 aliphatic carbocycles. The van der Waals surface area contributed by atoms with E-state index in [0.29, 0.717) is 0 Å². The molecule has 4 nitrogen and oxygen atoms in total. The molecule has 1 heterocycles. The van der Waals surface area contributed by atoms with Gasteiger partial charge in [0.15, 0.2) is 0 Å². The van der Waals surface area contributed by atoms with E-state index in [-0.39, 0.29) is 16.8 Å². The third kappa shape index (κ3) is 1.63. The maximum absolute atomic E-state index is 12.3. The molecule has 14 heavy (non-hydrogen) atoms. The van der Waals surface area contributed by atoms with Crippen LogP contribution in [0.1, 0.15) is 28.0 Å². The van der Waals surface area contributed by atoms with Crippen molar-refractivity contribution in [2.75, 3.05) is 5.73 Å². The first kappa shape index (κ1) is 10.4. The highest BCUT2D eigenvalue weighted by atomic mass is 19.3. The highest BCUT2D eigenvalue weighted by Gasteiger charge is 2.18. The molecule has 0 aromatic carbocycles. The molecule has 76 valence electrons. The SMILES string of the molecule is Cc1c(C(F)F)ncc(C(=O)O)c1N. The summed E-state index contributed by atoms with van der Waals surface area (Å²) in [5.41, 5.74) is 4.48. The van der Waals surface area contributed by atoms with E-state index in [1.165, 1.54) is 6.92 Å². The number of hydrogen-bond donors (Lipinski definition) is 2. The summed E-state index contributed by atoms with van der Waals surface area (Å²) in [6, 6.07) is 0. The molecule has 0 aliphatic heterocycles. The van der Waals surface area contributed by atoms with E-state index in [9.17, 15) is 13.6 Å². The molecule has 0 atom stereocenters. The van der Waals surface area contributed by atoms with Crippen molar-refractivity contribution in [1.82, 2.24) is 4.98 Å². The Morgan fingerprint density at radius 1 is 1.64 bits per heavy atom. The van der Waals surface area contributed by atoms with E-state index in [2.05, 4.69) is 4.98 Å². The third-order valence-electron chi connectivity index (χ3n) is 1.85. The first-order chi connectivity index (χ1) is 6.45. The zero-order valence-electron chi connectivity index (χ0n) is 7.29. The Balaban J connectivity index is 3.33. The molecule has 3 N–H and O–H groups in total. The molecule has 0 fully saturated rings. The quantitative estimate of drug-likeness (QED) is 0.763. The fraction of sp³-hybridized carbons (Fsp3) is 0.250. The number of anilines is 1. The number of carboxylic acid groups (broad SMARTS) is 1. The second-order valence-corrected chi connectivity index (χ2v) is 2.70. The van der Waals surface area contributed by atoms with E-state index in [4.69, 9.17) is 10.8 Å². The zero-order valence-corrected chi connectivity index (χ0v) is 7.29. The number of nitrogen functional groups attached to an aromatic ring is 1. The topological polar surface area (TPSA) is 76.2 Å². The van der Waals surface area contributed by atoms with Crippen molar-refractivity contribution in [2.45, 2.75) is 13.3 Å². The first-order valence-corrected chi connectivity index (χ1v) is 3.71. The lowest BCUT2D eigenvalue weighted by Gasteiger charge is -2.08. The summed E-state index contributed by atoms with van der Waals surface area (Å²) in [4.78, 5) is 13.9. The van der Waals surface area contributed by atoms with Gasteiger partial charge in [-0.2, -0.15) is 0 Å². The molecular formula is C8H8F2N2O2. The minimum Gasteiger partial charge on any atom is -0.478 e. The van der Waals surface area contributed by atoms with Gasteiger partial charge in [0, 0.05) is 11.8 Å². The van der Waals surface area contributed by atoms with Crippen molar-refractivity contribution in [3.63, 3.8) is 0 Å². The van der Waals surface area contributed by atoms with Crippen LogP contribution in [-0.4, -0.2) is 16.1 Å². The van der Waals surface area contributed by atoms with E-state index in [0.717, 1.165) is 6.20 Å². The average Bonchev–Trinajstić information content (AvgIpc) is 2.08. The molecular weight excluding hydrogens is 194 g/mol. The monoisotopic (exact) mass is 202 g/mol. The van der Waals surface area contributed by atoms with Gasteiger partial charge in [-0.15, -0.1) is 0 Å². The number of pyridine rings is 1. The molecule has 0 saturated heterocycles. The number of alkyl halides is 2. The number of rotatable bonds is 2. The third-order valence-corrected chi connectivity index (χ3v) is 1.85. The number of aromatic nitrogens is 1. The summed E-state index contributed by atoms with van der Waals surface area (Å²) < 4.78 is 24.6. The lowest BCUT2D eigenvalue weighted by Crippen LogP contribution is -2.08. The number of hydrogen-bond acceptors (Lipinski definition) is 3. The number of nitrogens with zero attached hydrogens (tertiary/aromatic N) is 1. The number of nitrogens with two attached hydrogens (primary N) is 1. The minimum absolute atomic E-state index is 0.0138. The van der Waals surface area contributed by atoms with Gasteiger partial charge in [-0.1, -0.05) is 0 Å². The molecule has 0 radical (unpaired) electrons. The van der Waals surface area contributed by atoms with Crippen LogP contribution in [0.5, 0.6) is 0 Å². The number of carboxylic acids is 1. The lowest BCUT2D eigenvalue weighted by molar-refractivity contribution is 0.0696. The maximum Gasteiger partial charge on any atom is 0.339 e. The van der Waals surface area contributed by atoms with Gasteiger partial charge in [0.2, 0.25) is 0 Å². The molecule has 1 aromatic heterocycles. The first-order valence-electron chi connectivity index (χ1n) is 3.71. The highest BCUT2D eigenvalue weighted by Crippen LogP contribution is 2.26. The Hall–Kier alpha value is -1.72. The van der Waals surface area contributed by atoms with Crippen LogP contribution in [0.15, 0.2) is 6.20 Å². The minimum atomic E-state index is -2.75. The van der Waals surface area contributed by atoms with E-state index < -0.39 is 18.1 Å². The Morgan fingerprint density at radius 2 is 2.21 bits per heavy atom. The van der Waals surface area contributed by atoms with Crippen molar-refractivity contribution in [1.29, 1.82) is 0 Å². The maximum atomic E-state index is 12.3. The summed E-state index contributed by atoms with van der Waals surface area (Å²) in [6.07, 6.45) is -1.91. The predicted molar refractivity (Wildman–Crippen MR) is 45.3 cm³/mol. The lowest BCUT2D eigenvalue weighted by atomic mass is 10.1. The van der Waals surface area contributed by atoms with Gasteiger partial charge in [-0.3, -0.25) is 4.98 Å². The van der Waals surface area contributed by atoms with Crippen LogP contribution in [0.25, 0.3) is 0 Å². The molecule has 0 unspecified atom stereocenters. The Morgan fingerprint density at radius 3 is 2.64 bits per heavy atom. The standard InChI is InChI=1S/C8H8F2N2O2/c1-3-5(11)4(8(13)14)2-12-6(3)7(9)10/h2,7H,1H3,(H2,11,12)(H,13,14). The fourth-order valence-electron chi connectivity index (χ4n) is 1.03. The Kier molecular flexibility index (Phi) is 2.64. The average molecular weight is 202 g/mol. The molecule has 1 aromatic rings. The van der Waals surface area contributed by atoms with E-state index in [1.54, 1.807) is 0 Å². The number of carbonyl (C=O) groups is 1. The summed E-state index contributed by atoms with van der Waals surface area (Å²) >= 11 is 0. The summed E-state index contributed by atoms with van der Waals surface area (Å²) in [7, 11) is 0. The van der Waals surface area contributed by atoms with Gasteiger partial charge < -0.3 is 10.8 Å². The van der Waals surface area contributed by atoms with Gasteiger partial charge in [0.1, 0.15) is 11.3 Å². The largest absolute Gasteiger partial charge is 0.478 e. The van der Waals surface area contributed by atoms with Crippen molar-refractivity contribution < 1.29 is 18.7 Å². The second-order valence-electron chi connectivity index (χ2n) is 2.70. The van der Waals surface area contributed by atoms with Gasteiger partial charge in [0.25, 0.3) is 6.43 Å². The van der Waals surface area contributed by atoms with Crippen molar-refractivity contribution in [3.8, 4) is 0 Å². The van der Waals surface area contributed by atoms with Crippen LogP contribution in [0.2, 0.25) is 0 Å². The molecule has 6 heteroatoms. The van der Waals surface area contributed by atoms with Crippen molar-refractivity contribution in [3.05, 3.63) is 23.0 Å². The van der Waals surface area contributed by atoms with Crippen LogP contribution in [-0.2, 0) is 0 Å². The summed E-state index contributed by atoms with van der Waals surface area (Å²) in [6.45, 7) is 1.32. The van der Waals surface area contributed by atoms with Crippen LogP contribution in [0.3, 0.4) is 0 Å². The van der Waals surface area contributed by atoms with Crippen LogP contribution in [0, 0.1) is 6.92 Å². The van der Waals surface area contributed by atoms with Gasteiger partial charge in [0.05, 0.1) is 5.69 Å². The second kappa shape index (κ2) is 3.57. The Bertz CT molecular complexity index is 380. The zero-order chi connectivity index (χ0) is 10.9. The molecule has 0 saturated carbocycles. The normalized spacial score (nSPS) is 10.6. The highest BCUT2D eigenvalue weighted by molar-refractivity contribution is 5.94. The van der Waals surface area contributed by atoms with Crippen LogP contribution >= 0.6 is 0 Å². The molecule has 0 bridgehead atoms. The van der Waals surface area contributed by atoms with Crippen molar-refractivity contribution in [2.24, 2.45) is 0 Å². The summed E-state index contributed by atoms with van der Waals surface area (Å²) in [5, 5.41) is 8.61. The van der Waals surface area contributed by atoms with Crippen LogP contribution < -0.4 is 5.73 Å². The molecule has 1 rings (SSSR count). The van der Waals surface area contributed by atoms with Gasteiger partial charge in [-0.05, 0) is 6.92 Å². The smallest absolute Gasteiger partial charge is 0.339 e. The number of aromatic carboxylic acids is 1. The Labute approximate surface area is 78.4 Å². The molecule has 0 aliphatic rings. The van der Waals surface area contributed by atoms with E-state index >= 15 is 0 Å². The molecule has 0 spiro atoms. The molecule has 0 amide bonds. The fourth-order valence-corrected chi connectivity index (χ4v) is 1.03. The van der Waals surface area contributed by atoms with Gasteiger partial charge in [-0.25, -0.2) is 13.6 Å². The van der Waals surface area contributed by atoms with Gasteiger partial charge >= 0.3 is 5.97 Å². The summed E-state index contributed by atoms with van der Waals surface area (Å²) in [5.74, 6) is -1.28. The number of halogens is 2. The van der Waals surface area contributed by atoms with Crippen LogP contribution in [0.4, 0.5) is 14.5 Å². The predicted octanol–water partition coefficient (Wildman–Crippen LogP) is 1.61.